The van der Waals surface area contributed by atoms with E-state index in [2.05, 4.69) is 22.6 Å². The van der Waals surface area contributed by atoms with E-state index in [0.29, 0.717) is 6.54 Å². The molecule has 0 spiro atoms. The molecule has 1 atom stereocenters. The monoisotopic (exact) mass is 254 g/mol. The molecule has 96 valence electrons. The summed E-state index contributed by atoms with van der Waals surface area (Å²) < 4.78 is 0. The van der Waals surface area contributed by atoms with Gasteiger partial charge in [0.25, 0.3) is 0 Å². The van der Waals surface area contributed by atoms with Gasteiger partial charge in [-0.3, -0.25) is 0 Å². The van der Waals surface area contributed by atoms with Gasteiger partial charge in [0, 0.05) is 18.0 Å². The van der Waals surface area contributed by atoms with Crippen molar-refractivity contribution in [3.05, 3.63) is 16.1 Å². The highest BCUT2D eigenvalue weighted by Crippen LogP contribution is 2.28. The summed E-state index contributed by atoms with van der Waals surface area (Å²) in [7, 11) is 0. The third-order valence-corrected chi connectivity index (χ3v) is 4.39. The topological polar surface area (TPSA) is 45.2 Å². The molecular formula is C13H22N2OS. The Hall–Kier alpha value is -0.450. The van der Waals surface area contributed by atoms with E-state index >= 15 is 0 Å². The number of nitrogens with zero attached hydrogens (tertiary/aromatic N) is 1. The summed E-state index contributed by atoms with van der Waals surface area (Å²) in [6.07, 6.45) is 5.44. The molecule has 3 nitrogen and oxygen atoms in total. The summed E-state index contributed by atoms with van der Waals surface area (Å²) >= 11 is 1.68. The van der Waals surface area contributed by atoms with Crippen molar-refractivity contribution in [2.24, 2.45) is 0 Å². The van der Waals surface area contributed by atoms with E-state index in [0.717, 1.165) is 36.4 Å². The van der Waals surface area contributed by atoms with Crippen molar-refractivity contribution in [2.45, 2.75) is 57.6 Å². The summed E-state index contributed by atoms with van der Waals surface area (Å²) in [5.74, 6) is 0. The molecule has 0 amide bonds. The summed E-state index contributed by atoms with van der Waals surface area (Å²) in [6, 6.07) is 0.228. The Kier molecular flexibility index (Phi) is 4.17. The number of rotatable bonds is 4. The normalized spacial score (nSPS) is 21.4. The van der Waals surface area contributed by atoms with Crippen LogP contribution in [0.3, 0.4) is 0 Å². The van der Waals surface area contributed by atoms with Crippen LogP contribution in [0, 0.1) is 6.92 Å². The minimum atomic E-state index is -0.489. The minimum Gasteiger partial charge on any atom is -0.389 e. The predicted octanol–water partition coefficient (Wildman–Crippen LogP) is 2.80. The van der Waals surface area contributed by atoms with E-state index in [9.17, 15) is 5.11 Å². The first-order valence-electron chi connectivity index (χ1n) is 6.47. The van der Waals surface area contributed by atoms with Crippen molar-refractivity contribution in [3.8, 4) is 0 Å². The Morgan fingerprint density at radius 3 is 2.76 bits per heavy atom. The number of aromatic nitrogens is 1. The lowest BCUT2D eigenvalue weighted by Gasteiger charge is -2.33. The highest BCUT2D eigenvalue weighted by Gasteiger charge is 2.29. The van der Waals surface area contributed by atoms with Crippen LogP contribution in [0.15, 0.2) is 5.38 Å². The zero-order chi connectivity index (χ0) is 12.3. The van der Waals surface area contributed by atoms with Crippen LogP contribution in [0.4, 0.5) is 0 Å². The third kappa shape index (κ3) is 3.50. The molecule has 0 bridgehead atoms. The van der Waals surface area contributed by atoms with Gasteiger partial charge in [0.05, 0.1) is 16.3 Å². The van der Waals surface area contributed by atoms with Crippen LogP contribution >= 0.6 is 11.3 Å². The van der Waals surface area contributed by atoms with Gasteiger partial charge in [0.1, 0.15) is 0 Å². The van der Waals surface area contributed by atoms with Crippen LogP contribution in [0.1, 0.15) is 55.8 Å². The smallest absolute Gasteiger partial charge is 0.0898 e. The summed E-state index contributed by atoms with van der Waals surface area (Å²) in [4.78, 5) is 4.47. The van der Waals surface area contributed by atoms with Gasteiger partial charge in [-0.2, -0.15) is 0 Å². The Balaban J connectivity index is 1.85. The number of hydrogen-bond acceptors (Lipinski definition) is 4. The molecule has 1 heterocycles. The fraction of sp³-hybridized carbons (Fsp3) is 0.769. The van der Waals surface area contributed by atoms with Crippen LogP contribution in [0.25, 0.3) is 0 Å². The lowest BCUT2D eigenvalue weighted by atomic mass is 9.85. The van der Waals surface area contributed by atoms with Crippen LogP contribution in [-0.4, -0.2) is 22.2 Å². The first kappa shape index (κ1) is 13.0. The summed E-state index contributed by atoms with van der Waals surface area (Å²) in [5.41, 5.74) is 0.601. The quantitative estimate of drug-likeness (QED) is 0.868. The Morgan fingerprint density at radius 2 is 2.18 bits per heavy atom. The number of thiazole rings is 1. The summed E-state index contributed by atoms with van der Waals surface area (Å²) in [5, 5.41) is 17.0. The van der Waals surface area contributed by atoms with Crippen molar-refractivity contribution in [2.75, 3.05) is 6.54 Å². The fourth-order valence-electron chi connectivity index (χ4n) is 2.41. The van der Waals surface area contributed by atoms with Gasteiger partial charge in [-0.05, 0) is 26.7 Å². The second-order valence-electron chi connectivity index (χ2n) is 5.18. The largest absolute Gasteiger partial charge is 0.389 e. The molecule has 0 aromatic carbocycles. The van der Waals surface area contributed by atoms with E-state index in [1.54, 1.807) is 11.3 Å². The van der Waals surface area contributed by atoms with Gasteiger partial charge in [0.2, 0.25) is 0 Å². The molecule has 1 aliphatic carbocycles. The zero-order valence-corrected chi connectivity index (χ0v) is 11.5. The van der Waals surface area contributed by atoms with Crippen molar-refractivity contribution >= 4 is 11.3 Å². The van der Waals surface area contributed by atoms with Crippen LogP contribution in [0.2, 0.25) is 0 Å². The standard InChI is InChI=1S/C13H22N2OS/c1-10(12-8-17-11(2)15-12)14-9-13(16)6-4-3-5-7-13/h8,10,14,16H,3-7,9H2,1-2H3. The fourth-order valence-corrected chi connectivity index (χ4v) is 3.12. The Bertz CT molecular complexity index is 358. The van der Waals surface area contributed by atoms with Crippen molar-refractivity contribution in [1.82, 2.24) is 10.3 Å². The van der Waals surface area contributed by atoms with E-state index in [-0.39, 0.29) is 6.04 Å². The number of hydrogen-bond donors (Lipinski definition) is 2. The molecule has 1 aromatic rings. The molecule has 0 saturated heterocycles. The molecule has 1 saturated carbocycles. The molecule has 4 heteroatoms. The first-order valence-corrected chi connectivity index (χ1v) is 7.35. The van der Waals surface area contributed by atoms with Crippen LogP contribution in [-0.2, 0) is 0 Å². The lowest BCUT2D eigenvalue weighted by Crippen LogP contribution is -2.42. The van der Waals surface area contributed by atoms with Crippen LogP contribution in [0.5, 0.6) is 0 Å². The molecule has 1 aliphatic rings. The zero-order valence-electron chi connectivity index (χ0n) is 10.7. The molecule has 1 fully saturated rings. The number of nitrogens with one attached hydrogen (secondary N) is 1. The van der Waals surface area contributed by atoms with Gasteiger partial charge >= 0.3 is 0 Å². The van der Waals surface area contributed by atoms with Gasteiger partial charge in [-0.25, -0.2) is 4.98 Å². The molecule has 2 rings (SSSR count). The average molecular weight is 254 g/mol. The van der Waals surface area contributed by atoms with Gasteiger partial charge in [-0.15, -0.1) is 11.3 Å². The highest BCUT2D eigenvalue weighted by atomic mass is 32.1. The van der Waals surface area contributed by atoms with Crippen molar-refractivity contribution in [1.29, 1.82) is 0 Å². The molecule has 2 N–H and O–H groups in total. The average Bonchev–Trinajstić information content (AvgIpc) is 2.74. The van der Waals surface area contributed by atoms with Crippen molar-refractivity contribution < 1.29 is 5.11 Å². The van der Waals surface area contributed by atoms with Gasteiger partial charge < -0.3 is 10.4 Å². The minimum absolute atomic E-state index is 0.228. The van der Waals surface area contributed by atoms with E-state index in [1.807, 2.05) is 6.92 Å². The molecule has 0 aliphatic heterocycles. The first-order chi connectivity index (χ1) is 8.09. The SMILES string of the molecule is Cc1nc(C(C)NCC2(O)CCCCC2)cs1. The van der Waals surface area contributed by atoms with E-state index < -0.39 is 5.60 Å². The second-order valence-corrected chi connectivity index (χ2v) is 6.24. The van der Waals surface area contributed by atoms with Crippen molar-refractivity contribution in [3.63, 3.8) is 0 Å². The molecule has 1 unspecified atom stereocenters. The number of aliphatic hydroxyl groups is 1. The van der Waals surface area contributed by atoms with E-state index in [1.165, 1.54) is 6.42 Å². The van der Waals surface area contributed by atoms with Gasteiger partial charge in [0.15, 0.2) is 0 Å². The van der Waals surface area contributed by atoms with Crippen LogP contribution < -0.4 is 5.32 Å². The lowest BCUT2D eigenvalue weighted by molar-refractivity contribution is 0.00293. The highest BCUT2D eigenvalue weighted by molar-refractivity contribution is 7.09. The summed E-state index contributed by atoms with van der Waals surface area (Å²) in [6.45, 7) is 4.82. The third-order valence-electron chi connectivity index (χ3n) is 3.60. The van der Waals surface area contributed by atoms with E-state index in [4.69, 9.17) is 0 Å². The predicted molar refractivity (Wildman–Crippen MR) is 71.3 cm³/mol. The molecule has 0 radical (unpaired) electrons. The maximum absolute atomic E-state index is 10.4. The van der Waals surface area contributed by atoms with Gasteiger partial charge in [-0.1, -0.05) is 19.3 Å². The maximum Gasteiger partial charge on any atom is 0.0898 e. The second kappa shape index (κ2) is 5.46. The Labute approximate surface area is 107 Å². The number of aryl methyl sites for hydroxylation is 1. The maximum atomic E-state index is 10.4. The molecule has 1 aromatic heterocycles. The molecule has 17 heavy (non-hydrogen) atoms. The Morgan fingerprint density at radius 1 is 1.47 bits per heavy atom. The molecular weight excluding hydrogens is 232 g/mol.